The fourth-order valence-electron chi connectivity index (χ4n) is 2.02. The number of fused-ring (bicyclic) bond motifs is 1. The molecule has 0 bridgehead atoms. The van der Waals surface area contributed by atoms with Crippen molar-refractivity contribution in [2.75, 3.05) is 6.61 Å². The minimum absolute atomic E-state index is 0.00962. The van der Waals surface area contributed by atoms with Crippen molar-refractivity contribution in [1.82, 2.24) is 10.4 Å². The molecule has 3 rings (SSSR count). The lowest BCUT2D eigenvalue weighted by molar-refractivity contribution is -0.126. The van der Waals surface area contributed by atoms with Gasteiger partial charge in [-0.2, -0.15) is 0 Å². The van der Waals surface area contributed by atoms with Crippen molar-refractivity contribution in [1.29, 1.82) is 0 Å². The molecular weight excluding hydrogens is 224 g/mol. The van der Waals surface area contributed by atoms with Crippen molar-refractivity contribution in [3.8, 4) is 0 Å². The number of amides is 3. The molecule has 1 unspecified atom stereocenters. The Morgan fingerprint density at radius 3 is 2.18 bits per heavy atom. The minimum atomic E-state index is -0.873. The Kier molecular flexibility index (Phi) is 1.99. The molecule has 0 aromatic heterocycles. The molecule has 3 amide bonds. The Morgan fingerprint density at radius 2 is 1.71 bits per heavy atom. The molecule has 1 N–H and O–H groups in total. The van der Waals surface area contributed by atoms with Crippen LogP contribution in [0.25, 0.3) is 0 Å². The van der Waals surface area contributed by atoms with Gasteiger partial charge in [0.15, 0.2) is 0 Å². The number of rotatable bonds is 1. The highest BCUT2D eigenvalue weighted by atomic mass is 16.7. The highest BCUT2D eigenvalue weighted by Crippen LogP contribution is 2.25. The molecule has 0 spiro atoms. The van der Waals surface area contributed by atoms with Crippen LogP contribution in [-0.4, -0.2) is 35.3 Å². The second-order valence-corrected chi connectivity index (χ2v) is 3.82. The number of benzene rings is 1. The zero-order valence-electron chi connectivity index (χ0n) is 8.67. The van der Waals surface area contributed by atoms with Crippen molar-refractivity contribution in [3.05, 3.63) is 35.4 Å². The molecule has 86 valence electrons. The zero-order valence-corrected chi connectivity index (χ0v) is 8.67. The third-order valence-corrected chi connectivity index (χ3v) is 2.85. The Hall–Kier alpha value is -2.21. The van der Waals surface area contributed by atoms with Crippen LogP contribution in [0.1, 0.15) is 20.7 Å². The number of hydrogen-bond acceptors (Lipinski definition) is 4. The molecule has 6 heteroatoms. The first-order valence-corrected chi connectivity index (χ1v) is 5.08. The first-order chi connectivity index (χ1) is 8.20. The summed E-state index contributed by atoms with van der Waals surface area (Å²) in [5.41, 5.74) is 2.79. The average molecular weight is 232 g/mol. The largest absolute Gasteiger partial charge is 0.271 e. The monoisotopic (exact) mass is 232 g/mol. The average Bonchev–Trinajstić information content (AvgIpc) is 2.84. The maximum Gasteiger partial charge on any atom is 0.269 e. The summed E-state index contributed by atoms with van der Waals surface area (Å²) in [5.74, 6) is -1.37. The van der Waals surface area contributed by atoms with E-state index in [4.69, 9.17) is 4.84 Å². The fourth-order valence-corrected chi connectivity index (χ4v) is 2.02. The van der Waals surface area contributed by atoms with E-state index in [1.54, 1.807) is 24.3 Å². The van der Waals surface area contributed by atoms with E-state index in [9.17, 15) is 14.4 Å². The predicted molar refractivity (Wildman–Crippen MR) is 54.8 cm³/mol. The number of carbonyl (C=O) groups is 3. The topological polar surface area (TPSA) is 75.7 Å². The third-order valence-electron chi connectivity index (χ3n) is 2.85. The van der Waals surface area contributed by atoms with Crippen LogP contribution in [0.5, 0.6) is 0 Å². The van der Waals surface area contributed by atoms with Crippen molar-refractivity contribution in [2.45, 2.75) is 6.04 Å². The summed E-state index contributed by atoms with van der Waals surface area (Å²) in [5, 5.41) is 0. The molecule has 1 aromatic carbocycles. The molecular formula is C11H8N2O4. The standard InChI is InChI=1S/C11H8N2O4/c14-9-8(5-17-12-9)13-10(15)6-3-1-2-4-7(6)11(13)16/h1-4,8H,5H2,(H,12,14). The van der Waals surface area contributed by atoms with Gasteiger partial charge in [-0.25, -0.2) is 5.48 Å². The Bertz CT molecular complexity index is 505. The lowest BCUT2D eigenvalue weighted by Crippen LogP contribution is -2.45. The molecule has 1 fully saturated rings. The zero-order chi connectivity index (χ0) is 12.0. The Balaban J connectivity index is 2.03. The van der Waals surface area contributed by atoms with Gasteiger partial charge in [0.05, 0.1) is 11.1 Å². The van der Waals surface area contributed by atoms with Gasteiger partial charge < -0.3 is 0 Å². The lowest BCUT2D eigenvalue weighted by Gasteiger charge is -2.17. The SMILES string of the molecule is O=C1NOCC1N1C(=O)c2ccccc2C1=O. The van der Waals surface area contributed by atoms with Gasteiger partial charge in [0.25, 0.3) is 17.7 Å². The Morgan fingerprint density at radius 1 is 1.12 bits per heavy atom. The summed E-state index contributed by atoms with van der Waals surface area (Å²) in [6.45, 7) is -0.00962. The van der Waals surface area contributed by atoms with E-state index < -0.39 is 23.8 Å². The van der Waals surface area contributed by atoms with E-state index in [1.807, 2.05) is 0 Å². The molecule has 1 aromatic rings. The quantitative estimate of drug-likeness (QED) is 0.675. The van der Waals surface area contributed by atoms with Gasteiger partial charge in [0.2, 0.25) is 0 Å². The van der Waals surface area contributed by atoms with Crippen LogP contribution in [0.15, 0.2) is 24.3 Å². The number of nitrogens with zero attached hydrogens (tertiary/aromatic N) is 1. The summed E-state index contributed by atoms with van der Waals surface area (Å²) in [6.07, 6.45) is 0. The predicted octanol–water partition coefficient (Wildman–Crippen LogP) is -0.287. The first kappa shape index (κ1) is 9.98. The van der Waals surface area contributed by atoms with Gasteiger partial charge in [-0.1, -0.05) is 12.1 Å². The van der Waals surface area contributed by atoms with Crippen LogP contribution in [0, 0.1) is 0 Å². The van der Waals surface area contributed by atoms with Crippen LogP contribution >= 0.6 is 0 Å². The van der Waals surface area contributed by atoms with Gasteiger partial charge in [0.1, 0.15) is 12.6 Å². The van der Waals surface area contributed by atoms with Gasteiger partial charge in [-0.3, -0.25) is 24.1 Å². The normalized spacial score (nSPS) is 22.9. The number of hydrogen-bond donors (Lipinski definition) is 1. The number of hydroxylamine groups is 1. The summed E-state index contributed by atoms with van der Waals surface area (Å²) in [7, 11) is 0. The number of imide groups is 1. The molecule has 2 aliphatic rings. The van der Waals surface area contributed by atoms with Gasteiger partial charge in [-0.15, -0.1) is 0 Å². The minimum Gasteiger partial charge on any atom is -0.271 e. The fraction of sp³-hybridized carbons (Fsp3) is 0.182. The van der Waals surface area contributed by atoms with Crippen molar-refractivity contribution < 1.29 is 19.2 Å². The van der Waals surface area contributed by atoms with Crippen LogP contribution in [0.3, 0.4) is 0 Å². The van der Waals surface area contributed by atoms with E-state index in [1.165, 1.54) is 0 Å². The van der Waals surface area contributed by atoms with Crippen LogP contribution in [-0.2, 0) is 9.63 Å². The van der Waals surface area contributed by atoms with Crippen LogP contribution in [0.4, 0.5) is 0 Å². The summed E-state index contributed by atoms with van der Waals surface area (Å²) >= 11 is 0. The van der Waals surface area contributed by atoms with E-state index in [2.05, 4.69) is 5.48 Å². The first-order valence-electron chi connectivity index (χ1n) is 5.08. The van der Waals surface area contributed by atoms with Gasteiger partial charge >= 0.3 is 0 Å². The summed E-state index contributed by atoms with van der Waals surface area (Å²) < 4.78 is 0. The molecule has 1 atom stereocenters. The third kappa shape index (κ3) is 1.27. The highest BCUT2D eigenvalue weighted by Gasteiger charge is 2.44. The number of nitrogens with one attached hydrogen (secondary N) is 1. The molecule has 17 heavy (non-hydrogen) atoms. The molecule has 0 saturated carbocycles. The van der Waals surface area contributed by atoms with E-state index in [0.29, 0.717) is 11.1 Å². The van der Waals surface area contributed by atoms with E-state index in [-0.39, 0.29) is 6.61 Å². The molecule has 6 nitrogen and oxygen atoms in total. The maximum absolute atomic E-state index is 12.0. The van der Waals surface area contributed by atoms with Crippen LogP contribution in [0.2, 0.25) is 0 Å². The Labute approximate surface area is 96.1 Å². The second kappa shape index (κ2) is 3.39. The van der Waals surface area contributed by atoms with Gasteiger partial charge in [-0.05, 0) is 12.1 Å². The van der Waals surface area contributed by atoms with Crippen LogP contribution < -0.4 is 5.48 Å². The lowest BCUT2D eigenvalue weighted by atomic mass is 10.1. The summed E-state index contributed by atoms with van der Waals surface area (Å²) in [4.78, 5) is 41.1. The van der Waals surface area contributed by atoms with Crippen molar-refractivity contribution in [2.24, 2.45) is 0 Å². The molecule has 2 aliphatic heterocycles. The highest BCUT2D eigenvalue weighted by molar-refractivity contribution is 6.22. The molecule has 1 saturated heterocycles. The molecule has 0 aliphatic carbocycles. The van der Waals surface area contributed by atoms with E-state index in [0.717, 1.165) is 4.90 Å². The van der Waals surface area contributed by atoms with Crippen molar-refractivity contribution >= 4 is 17.7 Å². The smallest absolute Gasteiger partial charge is 0.269 e. The summed E-state index contributed by atoms with van der Waals surface area (Å²) in [6, 6.07) is 5.63. The van der Waals surface area contributed by atoms with Crippen molar-refractivity contribution in [3.63, 3.8) is 0 Å². The molecule has 2 heterocycles. The molecule has 0 radical (unpaired) electrons. The number of carbonyl (C=O) groups excluding carboxylic acids is 3. The second-order valence-electron chi connectivity index (χ2n) is 3.82. The van der Waals surface area contributed by atoms with Gasteiger partial charge in [0, 0.05) is 0 Å². The maximum atomic E-state index is 12.0. The van der Waals surface area contributed by atoms with E-state index >= 15 is 0 Å².